The Morgan fingerprint density at radius 3 is 2.48 bits per heavy atom. The molecule has 0 bridgehead atoms. The summed E-state index contributed by atoms with van der Waals surface area (Å²) in [5.74, 6) is -0.119. The molecule has 1 amide bonds. The minimum absolute atomic E-state index is 0.119. The van der Waals surface area contributed by atoms with Gasteiger partial charge in [-0.05, 0) is 49.6 Å². The van der Waals surface area contributed by atoms with Crippen molar-refractivity contribution in [3.63, 3.8) is 0 Å². The molecule has 0 atom stereocenters. The second-order valence-electron chi connectivity index (χ2n) is 7.85. The molecule has 0 spiro atoms. The average Bonchev–Trinajstić information content (AvgIpc) is 3.14. The maximum Gasteiger partial charge on any atom is 0.272 e. The first kappa shape index (κ1) is 22.4. The van der Waals surface area contributed by atoms with E-state index in [4.69, 9.17) is 28.3 Å². The summed E-state index contributed by atoms with van der Waals surface area (Å²) in [7, 11) is 0. The molecule has 0 aliphatic heterocycles. The summed E-state index contributed by atoms with van der Waals surface area (Å²) in [5.41, 5.74) is 3.89. The van der Waals surface area contributed by atoms with Gasteiger partial charge in [-0.15, -0.1) is 0 Å². The molecule has 1 N–H and O–H groups in total. The lowest BCUT2D eigenvalue weighted by molar-refractivity contribution is 0.0921. The number of amides is 1. The Bertz CT molecular complexity index is 1090. The lowest BCUT2D eigenvalue weighted by Crippen LogP contribution is -2.36. The molecule has 1 saturated carbocycles. The Balaban J connectivity index is 1.84. The molecule has 0 radical (unpaired) electrons. The number of nitrogens with one attached hydrogen (secondary N) is 1. The summed E-state index contributed by atoms with van der Waals surface area (Å²) in [6.07, 6.45) is 6.27. The van der Waals surface area contributed by atoms with E-state index in [0.717, 1.165) is 47.0 Å². The van der Waals surface area contributed by atoms with Crippen LogP contribution in [0.25, 0.3) is 16.9 Å². The van der Waals surface area contributed by atoms with E-state index in [0.29, 0.717) is 27.8 Å². The third kappa shape index (κ3) is 4.84. The van der Waals surface area contributed by atoms with Crippen LogP contribution in [0.5, 0.6) is 0 Å². The Morgan fingerprint density at radius 2 is 1.84 bits per heavy atom. The van der Waals surface area contributed by atoms with Crippen LogP contribution in [0.1, 0.15) is 55.1 Å². The number of halogens is 3. The predicted molar refractivity (Wildman–Crippen MR) is 130 cm³/mol. The van der Waals surface area contributed by atoms with Gasteiger partial charge in [0.25, 0.3) is 5.91 Å². The van der Waals surface area contributed by atoms with Crippen LogP contribution in [0.3, 0.4) is 0 Å². The van der Waals surface area contributed by atoms with Crippen molar-refractivity contribution in [1.29, 1.82) is 0 Å². The molecule has 31 heavy (non-hydrogen) atoms. The topological polar surface area (TPSA) is 46.9 Å². The third-order valence-electron chi connectivity index (χ3n) is 5.75. The van der Waals surface area contributed by atoms with Gasteiger partial charge in [-0.1, -0.05) is 77.5 Å². The zero-order chi connectivity index (χ0) is 22.0. The van der Waals surface area contributed by atoms with Crippen molar-refractivity contribution in [2.75, 3.05) is 0 Å². The molecule has 2 aromatic carbocycles. The van der Waals surface area contributed by atoms with Gasteiger partial charge in [0.1, 0.15) is 0 Å². The minimum atomic E-state index is -0.119. The molecule has 1 heterocycles. The molecule has 1 fully saturated rings. The summed E-state index contributed by atoms with van der Waals surface area (Å²) >= 11 is 16.2. The van der Waals surface area contributed by atoms with Gasteiger partial charge in [-0.25, -0.2) is 4.68 Å². The van der Waals surface area contributed by atoms with Crippen LogP contribution in [-0.2, 0) is 6.42 Å². The molecule has 1 aromatic heterocycles. The lowest BCUT2D eigenvalue weighted by Gasteiger charge is -2.22. The Morgan fingerprint density at radius 1 is 1.13 bits per heavy atom. The summed E-state index contributed by atoms with van der Waals surface area (Å²) < 4.78 is 2.76. The molecule has 4 nitrogen and oxygen atoms in total. The van der Waals surface area contributed by atoms with E-state index in [9.17, 15) is 4.79 Å². The Hall–Kier alpha value is -1.82. The van der Waals surface area contributed by atoms with Crippen LogP contribution in [-0.4, -0.2) is 21.7 Å². The molecule has 0 unspecified atom stereocenters. The molecule has 7 heteroatoms. The average molecular weight is 521 g/mol. The van der Waals surface area contributed by atoms with Crippen LogP contribution >= 0.6 is 39.1 Å². The van der Waals surface area contributed by atoms with E-state index in [2.05, 4.69) is 21.2 Å². The first-order valence-corrected chi connectivity index (χ1v) is 12.2. The molecule has 3 aromatic rings. The van der Waals surface area contributed by atoms with Gasteiger partial charge in [0, 0.05) is 26.7 Å². The number of carbonyl (C=O) groups excluding carboxylic acids is 1. The molecule has 1 aliphatic rings. The van der Waals surface area contributed by atoms with Crippen molar-refractivity contribution >= 4 is 45.0 Å². The fourth-order valence-electron chi connectivity index (χ4n) is 4.20. The molecule has 4 rings (SSSR count). The maximum absolute atomic E-state index is 13.3. The van der Waals surface area contributed by atoms with E-state index in [1.807, 2.05) is 37.3 Å². The van der Waals surface area contributed by atoms with Gasteiger partial charge in [0.05, 0.1) is 16.4 Å². The number of hydrogen-bond acceptors (Lipinski definition) is 2. The molecular formula is C24H24BrCl2N3O. The molecular weight excluding hydrogens is 497 g/mol. The molecule has 0 saturated heterocycles. The second-order valence-corrected chi connectivity index (χ2v) is 9.61. The monoisotopic (exact) mass is 519 g/mol. The second kappa shape index (κ2) is 9.76. The minimum Gasteiger partial charge on any atom is -0.348 e. The Kier molecular flexibility index (Phi) is 7.05. The largest absolute Gasteiger partial charge is 0.348 e. The van der Waals surface area contributed by atoms with Crippen LogP contribution in [0.15, 0.2) is 46.9 Å². The SMILES string of the molecule is CCc1c(C(=O)NC2CCCCC2)nn(-c2ccc(Cl)cc2Cl)c1-c1ccc(Br)cc1. The van der Waals surface area contributed by atoms with Crippen molar-refractivity contribution in [2.24, 2.45) is 0 Å². The van der Waals surface area contributed by atoms with Gasteiger partial charge in [-0.3, -0.25) is 4.79 Å². The van der Waals surface area contributed by atoms with E-state index >= 15 is 0 Å². The normalized spacial score (nSPS) is 14.6. The van der Waals surface area contributed by atoms with Crippen molar-refractivity contribution in [3.8, 4) is 16.9 Å². The number of hydrogen-bond donors (Lipinski definition) is 1. The fourth-order valence-corrected chi connectivity index (χ4v) is 4.95. The standard InChI is InChI=1S/C24H24BrCl2N3O/c1-2-19-22(24(31)28-18-6-4-3-5-7-18)29-30(21-13-12-17(26)14-20(21)27)23(19)15-8-10-16(25)11-9-15/h8-14,18H,2-7H2,1H3,(H,28,31). The number of rotatable bonds is 5. The first-order valence-electron chi connectivity index (χ1n) is 10.6. The van der Waals surface area contributed by atoms with Crippen LogP contribution in [0.2, 0.25) is 10.0 Å². The number of aromatic nitrogens is 2. The fraction of sp³-hybridized carbons (Fsp3) is 0.333. The van der Waals surface area contributed by atoms with Gasteiger partial charge in [0.15, 0.2) is 5.69 Å². The predicted octanol–water partition coefficient (Wildman–Crippen LogP) is 7.23. The van der Waals surface area contributed by atoms with E-state index in [1.165, 1.54) is 6.42 Å². The number of carbonyl (C=O) groups is 1. The van der Waals surface area contributed by atoms with Gasteiger partial charge in [-0.2, -0.15) is 5.10 Å². The summed E-state index contributed by atoms with van der Waals surface area (Å²) in [4.78, 5) is 13.3. The van der Waals surface area contributed by atoms with Gasteiger partial charge in [0.2, 0.25) is 0 Å². The van der Waals surface area contributed by atoms with Crippen LogP contribution < -0.4 is 5.32 Å². The van der Waals surface area contributed by atoms with E-state index in [1.54, 1.807) is 16.8 Å². The van der Waals surface area contributed by atoms with Gasteiger partial charge >= 0.3 is 0 Å². The lowest BCUT2D eigenvalue weighted by atomic mass is 9.95. The highest BCUT2D eigenvalue weighted by Crippen LogP contribution is 2.34. The highest BCUT2D eigenvalue weighted by atomic mass is 79.9. The van der Waals surface area contributed by atoms with Crippen molar-refractivity contribution in [1.82, 2.24) is 15.1 Å². The van der Waals surface area contributed by atoms with Crippen LogP contribution in [0, 0.1) is 0 Å². The smallest absolute Gasteiger partial charge is 0.272 e. The Labute approximate surface area is 201 Å². The highest BCUT2D eigenvalue weighted by molar-refractivity contribution is 9.10. The van der Waals surface area contributed by atoms with Crippen molar-refractivity contribution in [2.45, 2.75) is 51.5 Å². The quantitative estimate of drug-likeness (QED) is 0.385. The number of nitrogens with zero attached hydrogens (tertiary/aromatic N) is 2. The zero-order valence-corrected chi connectivity index (χ0v) is 20.4. The van der Waals surface area contributed by atoms with E-state index in [-0.39, 0.29) is 11.9 Å². The summed E-state index contributed by atoms with van der Waals surface area (Å²) in [5, 5.41) is 9.02. The van der Waals surface area contributed by atoms with Crippen LogP contribution in [0.4, 0.5) is 0 Å². The first-order chi connectivity index (χ1) is 15.0. The molecule has 1 aliphatic carbocycles. The highest BCUT2D eigenvalue weighted by Gasteiger charge is 2.26. The van der Waals surface area contributed by atoms with Gasteiger partial charge < -0.3 is 5.32 Å². The maximum atomic E-state index is 13.3. The summed E-state index contributed by atoms with van der Waals surface area (Å²) in [6.45, 7) is 2.05. The zero-order valence-electron chi connectivity index (χ0n) is 17.3. The molecule has 162 valence electrons. The van der Waals surface area contributed by atoms with Crippen molar-refractivity contribution in [3.05, 3.63) is 68.2 Å². The van der Waals surface area contributed by atoms with Crippen molar-refractivity contribution < 1.29 is 4.79 Å². The summed E-state index contributed by atoms with van der Waals surface area (Å²) in [6, 6.07) is 13.5. The van der Waals surface area contributed by atoms with E-state index < -0.39 is 0 Å². The third-order valence-corrected chi connectivity index (χ3v) is 6.81. The number of benzene rings is 2.